The summed E-state index contributed by atoms with van der Waals surface area (Å²) in [5, 5.41) is 3.22. The van der Waals surface area contributed by atoms with Crippen LogP contribution in [0.2, 0.25) is 0 Å². The van der Waals surface area contributed by atoms with Crippen molar-refractivity contribution in [2.75, 3.05) is 20.0 Å². The molecule has 0 saturated heterocycles. The van der Waals surface area contributed by atoms with E-state index in [-0.39, 0.29) is 5.91 Å². The molecular formula is C17H23NO3S. The van der Waals surface area contributed by atoms with Crippen LogP contribution in [-0.4, -0.2) is 31.9 Å². The largest absolute Gasteiger partial charge is 0.493 e. The summed E-state index contributed by atoms with van der Waals surface area (Å²) in [6.07, 6.45) is 5.14. The minimum absolute atomic E-state index is 0.136. The van der Waals surface area contributed by atoms with E-state index in [9.17, 15) is 4.79 Å². The second kappa shape index (κ2) is 6.82. The number of carbonyl (C=O) groups excluding carboxylic acids is 1. The predicted molar refractivity (Wildman–Crippen MR) is 87.6 cm³/mol. The zero-order valence-electron chi connectivity index (χ0n) is 13.1. The third kappa shape index (κ3) is 3.35. The number of methoxy groups -OCH3 is 2. The van der Waals surface area contributed by atoms with E-state index in [2.05, 4.69) is 5.32 Å². The molecule has 3 rings (SSSR count). The zero-order chi connectivity index (χ0) is 15.5. The van der Waals surface area contributed by atoms with Gasteiger partial charge in [0.15, 0.2) is 11.5 Å². The van der Waals surface area contributed by atoms with Crippen LogP contribution < -0.4 is 14.8 Å². The second-order valence-corrected chi connectivity index (χ2v) is 7.20. The highest BCUT2D eigenvalue weighted by atomic mass is 32.2. The number of amides is 1. The molecule has 3 atom stereocenters. The minimum Gasteiger partial charge on any atom is -0.493 e. The highest BCUT2D eigenvalue weighted by Crippen LogP contribution is 2.44. The lowest BCUT2D eigenvalue weighted by molar-refractivity contribution is -0.119. The first-order valence-electron chi connectivity index (χ1n) is 7.83. The van der Waals surface area contributed by atoms with Crippen molar-refractivity contribution in [3.63, 3.8) is 0 Å². The molecule has 0 spiro atoms. The molecule has 0 heterocycles. The highest BCUT2D eigenvalue weighted by Gasteiger charge is 2.39. The van der Waals surface area contributed by atoms with E-state index in [1.54, 1.807) is 14.2 Å². The maximum absolute atomic E-state index is 12.1. The van der Waals surface area contributed by atoms with Gasteiger partial charge in [0, 0.05) is 10.9 Å². The van der Waals surface area contributed by atoms with E-state index in [0.717, 1.165) is 16.7 Å². The zero-order valence-corrected chi connectivity index (χ0v) is 13.9. The first-order valence-corrected chi connectivity index (χ1v) is 8.82. The SMILES string of the molecule is COc1ccc(SCC(=O)N[C@@H]2C[C@H]3CC[C@H]2C3)cc1OC. The van der Waals surface area contributed by atoms with Crippen LogP contribution in [0.3, 0.4) is 0 Å². The van der Waals surface area contributed by atoms with Gasteiger partial charge in [-0.3, -0.25) is 4.79 Å². The smallest absolute Gasteiger partial charge is 0.230 e. The van der Waals surface area contributed by atoms with E-state index < -0.39 is 0 Å². The van der Waals surface area contributed by atoms with Crippen LogP contribution in [0, 0.1) is 11.8 Å². The molecule has 0 aliphatic heterocycles. The van der Waals surface area contributed by atoms with E-state index in [0.29, 0.717) is 23.3 Å². The van der Waals surface area contributed by atoms with Crippen molar-refractivity contribution in [3.8, 4) is 11.5 Å². The Morgan fingerprint density at radius 2 is 2.05 bits per heavy atom. The Balaban J connectivity index is 1.50. The molecule has 2 aliphatic rings. The van der Waals surface area contributed by atoms with Crippen molar-refractivity contribution in [2.45, 2.75) is 36.6 Å². The molecule has 1 aromatic carbocycles. The highest BCUT2D eigenvalue weighted by molar-refractivity contribution is 8.00. The molecule has 22 heavy (non-hydrogen) atoms. The van der Waals surface area contributed by atoms with Crippen LogP contribution in [0.4, 0.5) is 0 Å². The maximum Gasteiger partial charge on any atom is 0.230 e. The summed E-state index contributed by atoms with van der Waals surface area (Å²) in [5.74, 6) is 3.56. The summed E-state index contributed by atoms with van der Waals surface area (Å²) in [6, 6.07) is 6.15. The summed E-state index contributed by atoms with van der Waals surface area (Å²) in [4.78, 5) is 13.2. The number of rotatable bonds is 6. The summed E-state index contributed by atoms with van der Waals surface area (Å²) < 4.78 is 10.5. The average molecular weight is 321 g/mol. The fraction of sp³-hybridized carbons (Fsp3) is 0.588. The molecule has 2 saturated carbocycles. The summed E-state index contributed by atoms with van der Waals surface area (Å²) in [6.45, 7) is 0. The van der Waals surface area contributed by atoms with Gasteiger partial charge in [-0.05, 0) is 49.3 Å². The van der Waals surface area contributed by atoms with E-state index in [4.69, 9.17) is 9.47 Å². The van der Waals surface area contributed by atoms with Gasteiger partial charge < -0.3 is 14.8 Å². The molecule has 2 bridgehead atoms. The lowest BCUT2D eigenvalue weighted by Gasteiger charge is -2.22. The van der Waals surface area contributed by atoms with Crippen molar-refractivity contribution in [3.05, 3.63) is 18.2 Å². The van der Waals surface area contributed by atoms with Crippen LogP contribution in [0.5, 0.6) is 11.5 Å². The molecule has 2 aliphatic carbocycles. The minimum atomic E-state index is 0.136. The number of benzene rings is 1. The van der Waals surface area contributed by atoms with Crippen LogP contribution in [0.1, 0.15) is 25.7 Å². The first kappa shape index (κ1) is 15.5. The van der Waals surface area contributed by atoms with Crippen molar-refractivity contribution in [2.24, 2.45) is 11.8 Å². The Morgan fingerprint density at radius 3 is 2.68 bits per heavy atom. The Labute approximate surface area is 135 Å². The van der Waals surface area contributed by atoms with Crippen LogP contribution in [0.25, 0.3) is 0 Å². The quantitative estimate of drug-likeness (QED) is 0.818. The van der Waals surface area contributed by atoms with E-state index in [1.807, 2.05) is 18.2 Å². The van der Waals surface area contributed by atoms with Gasteiger partial charge in [-0.15, -0.1) is 11.8 Å². The third-order valence-corrected chi connectivity index (χ3v) is 5.80. The van der Waals surface area contributed by atoms with E-state index in [1.165, 1.54) is 37.4 Å². The van der Waals surface area contributed by atoms with Crippen LogP contribution in [-0.2, 0) is 4.79 Å². The molecular weight excluding hydrogens is 298 g/mol. The molecule has 2 fully saturated rings. The van der Waals surface area contributed by atoms with Gasteiger partial charge in [-0.25, -0.2) is 0 Å². The second-order valence-electron chi connectivity index (χ2n) is 6.15. The van der Waals surface area contributed by atoms with Crippen LogP contribution >= 0.6 is 11.8 Å². The molecule has 0 radical (unpaired) electrons. The van der Waals surface area contributed by atoms with Crippen LogP contribution in [0.15, 0.2) is 23.1 Å². The monoisotopic (exact) mass is 321 g/mol. The molecule has 0 unspecified atom stereocenters. The topological polar surface area (TPSA) is 47.6 Å². The maximum atomic E-state index is 12.1. The molecule has 1 amide bonds. The number of carbonyl (C=O) groups is 1. The van der Waals surface area contributed by atoms with Gasteiger partial charge in [0.05, 0.1) is 20.0 Å². The fourth-order valence-corrected chi connectivity index (χ4v) is 4.46. The number of nitrogens with one attached hydrogen (secondary N) is 1. The van der Waals surface area contributed by atoms with Crippen molar-refractivity contribution >= 4 is 17.7 Å². The van der Waals surface area contributed by atoms with Gasteiger partial charge in [0.1, 0.15) is 0 Å². The Morgan fingerprint density at radius 1 is 1.23 bits per heavy atom. The van der Waals surface area contributed by atoms with Crippen molar-refractivity contribution < 1.29 is 14.3 Å². The van der Waals surface area contributed by atoms with E-state index >= 15 is 0 Å². The Bertz CT molecular complexity index is 549. The summed E-state index contributed by atoms with van der Waals surface area (Å²) in [5.41, 5.74) is 0. The van der Waals surface area contributed by atoms with Gasteiger partial charge >= 0.3 is 0 Å². The number of hydrogen-bond acceptors (Lipinski definition) is 4. The normalized spacial score (nSPS) is 26.0. The third-order valence-electron chi connectivity index (χ3n) is 4.81. The average Bonchev–Trinajstić information content (AvgIpc) is 3.15. The molecule has 5 heteroatoms. The molecule has 1 aromatic rings. The summed E-state index contributed by atoms with van der Waals surface area (Å²) >= 11 is 1.53. The number of hydrogen-bond donors (Lipinski definition) is 1. The van der Waals surface area contributed by atoms with Gasteiger partial charge in [-0.1, -0.05) is 6.42 Å². The molecule has 0 aromatic heterocycles. The number of ether oxygens (including phenoxy) is 2. The Kier molecular flexibility index (Phi) is 4.81. The standard InChI is InChI=1S/C17H23NO3S/c1-20-15-6-5-13(9-16(15)21-2)22-10-17(19)18-14-8-11-3-4-12(14)7-11/h5-6,9,11-12,14H,3-4,7-8,10H2,1-2H3,(H,18,19)/t11-,12-,14+/m0/s1. The number of thioether (sulfide) groups is 1. The summed E-state index contributed by atoms with van der Waals surface area (Å²) in [7, 11) is 3.24. The lowest BCUT2D eigenvalue weighted by atomic mass is 9.95. The Hall–Kier alpha value is -1.36. The first-order chi connectivity index (χ1) is 10.7. The predicted octanol–water partition coefficient (Wildman–Crippen LogP) is 3.10. The van der Waals surface area contributed by atoms with Gasteiger partial charge in [-0.2, -0.15) is 0 Å². The van der Waals surface area contributed by atoms with Gasteiger partial charge in [0.2, 0.25) is 5.91 Å². The fourth-order valence-electron chi connectivity index (χ4n) is 3.73. The van der Waals surface area contributed by atoms with Crippen molar-refractivity contribution in [1.29, 1.82) is 0 Å². The molecule has 1 N–H and O–H groups in total. The lowest BCUT2D eigenvalue weighted by Crippen LogP contribution is -2.39. The molecule has 120 valence electrons. The number of fused-ring (bicyclic) bond motifs is 2. The van der Waals surface area contributed by atoms with Crippen molar-refractivity contribution in [1.82, 2.24) is 5.32 Å². The molecule has 4 nitrogen and oxygen atoms in total. The van der Waals surface area contributed by atoms with Gasteiger partial charge in [0.25, 0.3) is 0 Å².